The molecule has 4 nitrogen and oxygen atoms in total. The van der Waals surface area contributed by atoms with Gasteiger partial charge in [0.1, 0.15) is 24.3 Å². The average Bonchev–Trinajstić information content (AvgIpc) is 3.04. The van der Waals surface area contributed by atoms with Gasteiger partial charge in [-0.05, 0) is 42.2 Å². The van der Waals surface area contributed by atoms with Crippen molar-refractivity contribution in [1.82, 2.24) is 14.8 Å². The second kappa shape index (κ2) is 8.04. The van der Waals surface area contributed by atoms with Gasteiger partial charge in [-0.3, -0.25) is 0 Å². The van der Waals surface area contributed by atoms with Crippen LogP contribution in [0.3, 0.4) is 0 Å². The first-order valence-corrected chi connectivity index (χ1v) is 8.64. The van der Waals surface area contributed by atoms with Crippen LogP contribution in [-0.4, -0.2) is 26.0 Å². The molecule has 0 fully saturated rings. The van der Waals surface area contributed by atoms with E-state index < -0.39 is 17.7 Å². The number of aromatic nitrogens is 3. The van der Waals surface area contributed by atoms with Crippen molar-refractivity contribution in [3.8, 4) is 0 Å². The summed E-state index contributed by atoms with van der Waals surface area (Å²) in [4.78, 5) is 3.98. The summed E-state index contributed by atoms with van der Waals surface area (Å²) >= 11 is 0. The third-order valence-electron chi connectivity index (χ3n) is 4.59. The van der Waals surface area contributed by atoms with Crippen molar-refractivity contribution in [2.45, 2.75) is 59.1 Å². The highest BCUT2D eigenvalue weighted by Gasteiger charge is 2.33. The monoisotopic (exact) mass is 351 g/mol. The molecule has 3 unspecified atom stereocenters. The second-order valence-corrected chi connectivity index (χ2v) is 7.87. The minimum atomic E-state index is -0.584. The fourth-order valence-corrected chi connectivity index (χ4v) is 3.00. The lowest BCUT2D eigenvalue weighted by Gasteiger charge is -2.34. The van der Waals surface area contributed by atoms with Crippen molar-refractivity contribution in [3.05, 3.63) is 48.1 Å². The standard InChI is InChI=1S/C19H27F2N3O/c1-13(5-6-14-7-8-15(20)10-16(14)21)9-17(18(25)19(2,3)4)24-12-22-11-23-24/h7-8,10-13,17-18,25H,5-6,9H2,1-4H3. The molecule has 0 amide bonds. The first kappa shape index (κ1) is 19.5. The third kappa shape index (κ3) is 5.33. The zero-order valence-corrected chi connectivity index (χ0v) is 15.3. The first-order chi connectivity index (χ1) is 11.7. The van der Waals surface area contributed by atoms with Crippen LogP contribution in [-0.2, 0) is 6.42 Å². The number of rotatable bonds is 7. The van der Waals surface area contributed by atoms with Crippen LogP contribution < -0.4 is 0 Å². The van der Waals surface area contributed by atoms with Gasteiger partial charge >= 0.3 is 0 Å². The Morgan fingerprint density at radius 3 is 2.52 bits per heavy atom. The van der Waals surface area contributed by atoms with E-state index in [4.69, 9.17) is 0 Å². The molecule has 138 valence electrons. The molecule has 1 N–H and O–H groups in total. The second-order valence-electron chi connectivity index (χ2n) is 7.87. The van der Waals surface area contributed by atoms with E-state index in [0.29, 0.717) is 18.4 Å². The molecule has 2 rings (SSSR count). The molecule has 1 aromatic carbocycles. The lowest BCUT2D eigenvalue weighted by atomic mass is 9.81. The largest absolute Gasteiger partial charge is 0.390 e. The fourth-order valence-electron chi connectivity index (χ4n) is 3.00. The highest BCUT2D eigenvalue weighted by molar-refractivity contribution is 5.18. The minimum absolute atomic E-state index is 0.199. The lowest BCUT2D eigenvalue weighted by molar-refractivity contribution is 0.00401. The van der Waals surface area contributed by atoms with E-state index >= 15 is 0 Å². The van der Waals surface area contributed by atoms with Gasteiger partial charge in [-0.2, -0.15) is 5.10 Å². The average molecular weight is 351 g/mol. The summed E-state index contributed by atoms with van der Waals surface area (Å²) in [6.07, 6.45) is 4.46. The Balaban J connectivity index is 2.03. The third-order valence-corrected chi connectivity index (χ3v) is 4.59. The van der Waals surface area contributed by atoms with Gasteiger partial charge in [-0.25, -0.2) is 18.4 Å². The molecule has 1 aromatic heterocycles. The summed E-state index contributed by atoms with van der Waals surface area (Å²) in [7, 11) is 0. The predicted molar refractivity (Wildman–Crippen MR) is 93.0 cm³/mol. The van der Waals surface area contributed by atoms with E-state index in [0.717, 1.165) is 12.5 Å². The van der Waals surface area contributed by atoms with E-state index in [1.165, 1.54) is 18.5 Å². The van der Waals surface area contributed by atoms with Crippen LogP contribution in [0.25, 0.3) is 0 Å². The van der Waals surface area contributed by atoms with Crippen LogP contribution in [0.4, 0.5) is 8.78 Å². The molecule has 0 aliphatic rings. The highest BCUT2D eigenvalue weighted by atomic mass is 19.1. The van der Waals surface area contributed by atoms with Crippen molar-refractivity contribution in [2.24, 2.45) is 11.3 Å². The zero-order chi connectivity index (χ0) is 18.6. The predicted octanol–water partition coefficient (Wildman–Crippen LogP) is 4.16. The molecule has 3 atom stereocenters. The summed E-state index contributed by atoms with van der Waals surface area (Å²) in [6, 6.07) is 3.50. The van der Waals surface area contributed by atoms with E-state index in [-0.39, 0.29) is 17.4 Å². The SMILES string of the molecule is CC(CCc1ccc(F)cc1F)CC(C(O)C(C)(C)C)n1cncn1. The van der Waals surface area contributed by atoms with E-state index in [1.54, 1.807) is 11.0 Å². The van der Waals surface area contributed by atoms with E-state index in [1.807, 2.05) is 20.8 Å². The first-order valence-electron chi connectivity index (χ1n) is 8.64. The number of hydrogen-bond acceptors (Lipinski definition) is 3. The summed E-state index contributed by atoms with van der Waals surface area (Å²) in [5, 5.41) is 14.9. The van der Waals surface area contributed by atoms with E-state index in [2.05, 4.69) is 17.0 Å². The molecule has 0 aliphatic carbocycles. The number of benzene rings is 1. The van der Waals surface area contributed by atoms with Crippen LogP contribution in [0.15, 0.2) is 30.9 Å². The number of aliphatic hydroxyl groups is 1. The molecule has 25 heavy (non-hydrogen) atoms. The Morgan fingerprint density at radius 2 is 1.96 bits per heavy atom. The van der Waals surface area contributed by atoms with Crippen LogP contribution in [0.2, 0.25) is 0 Å². The number of hydrogen-bond donors (Lipinski definition) is 1. The number of aryl methyl sites for hydroxylation is 1. The van der Waals surface area contributed by atoms with Gasteiger partial charge in [-0.1, -0.05) is 33.8 Å². The quantitative estimate of drug-likeness (QED) is 0.815. The van der Waals surface area contributed by atoms with Crippen molar-refractivity contribution in [1.29, 1.82) is 0 Å². The molecule has 0 saturated heterocycles. The van der Waals surface area contributed by atoms with Gasteiger partial charge in [0.15, 0.2) is 0 Å². The van der Waals surface area contributed by atoms with Crippen LogP contribution in [0.5, 0.6) is 0 Å². The lowest BCUT2D eigenvalue weighted by Crippen LogP contribution is -2.36. The smallest absolute Gasteiger partial charge is 0.137 e. The van der Waals surface area contributed by atoms with Gasteiger partial charge < -0.3 is 5.11 Å². The number of aliphatic hydroxyl groups excluding tert-OH is 1. The molecule has 1 heterocycles. The summed E-state index contributed by atoms with van der Waals surface area (Å²) in [5.41, 5.74) is 0.223. The van der Waals surface area contributed by atoms with Crippen molar-refractivity contribution >= 4 is 0 Å². The molecule has 0 radical (unpaired) electrons. The zero-order valence-electron chi connectivity index (χ0n) is 15.3. The molecule has 0 bridgehead atoms. The molecule has 6 heteroatoms. The van der Waals surface area contributed by atoms with Crippen LogP contribution in [0, 0.1) is 23.0 Å². The summed E-state index contributed by atoms with van der Waals surface area (Å²) in [5.74, 6) is -0.834. The maximum absolute atomic E-state index is 13.8. The molecule has 0 spiro atoms. The fraction of sp³-hybridized carbons (Fsp3) is 0.579. The molecular formula is C19H27F2N3O. The minimum Gasteiger partial charge on any atom is -0.390 e. The Labute approximate surface area is 147 Å². The van der Waals surface area contributed by atoms with Crippen molar-refractivity contribution in [2.75, 3.05) is 0 Å². The molecular weight excluding hydrogens is 324 g/mol. The van der Waals surface area contributed by atoms with Gasteiger partial charge in [0.25, 0.3) is 0 Å². The molecule has 0 aliphatic heterocycles. The maximum atomic E-state index is 13.8. The maximum Gasteiger partial charge on any atom is 0.137 e. The van der Waals surface area contributed by atoms with Gasteiger partial charge in [0.2, 0.25) is 0 Å². The van der Waals surface area contributed by atoms with E-state index in [9.17, 15) is 13.9 Å². The van der Waals surface area contributed by atoms with Crippen molar-refractivity contribution in [3.63, 3.8) is 0 Å². The molecule has 2 aromatic rings. The summed E-state index contributed by atoms with van der Waals surface area (Å²) < 4.78 is 28.5. The highest BCUT2D eigenvalue weighted by Crippen LogP contribution is 2.33. The Bertz CT molecular complexity index is 668. The summed E-state index contributed by atoms with van der Waals surface area (Å²) in [6.45, 7) is 8.03. The Morgan fingerprint density at radius 1 is 1.24 bits per heavy atom. The van der Waals surface area contributed by atoms with Gasteiger partial charge in [-0.15, -0.1) is 0 Å². The number of nitrogens with zero attached hydrogens (tertiary/aromatic N) is 3. The normalized spacial score (nSPS) is 15.8. The number of halogens is 2. The Hall–Kier alpha value is -1.82. The molecule has 0 saturated carbocycles. The van der Waals surface area contributed by atoms with Crippen molar-refractivity contribution < 1.29 is 13.9 Å². The van der Waals surface area contributed by atoms with Gasteiger partial charge in [0, 0.05) is 6.07 Å². The van der Waals surface area contributed by atoms with Crippen LogP contribution in [0.1, 0.15) is 52.1 Å². The van der Waals surface area contributed by atoms with Crippen LogP contribution >= 0.6 is 0 Å². The van der Waals surface area contributed by atoms with Gasteiger partial charge in [0.05, 0.1) is 12.1 Å². The Kier molecular flexibility index (Phi) is 6.27. The topological polar surface area (TPSA) is 50.9 Å².